The van der Waals surface area contributed by atoms with Crippen LogP contribution in [-0.2, 0) is 16.5 Å². The molecule has 17 heavy (non-hydrogen) atoms. The van der Waals surface area contributed by atoms with Crippen LogP contribution in [-0.4, -0.2) is 11.1 Å². The molecular formula is C10H11F3N2O2. The molecule has 7 heteroatoms. The minimum atomic E-state index is -4.59. The first-order chi connectivity index (χ1) is 7.66. The van der Waals surface area contributed by atoms with Crippen LogP contribution in [0.4, 0.5) is 13.2 Å². The number of nitrogens with one attached hydrogen (secondary N) is 1. The standard InChI is InChI=1S/C10H11F3N2O2/c1-4-8(16)14-9(2,3)6-5-7(17-15-6)10(11,12)13/h4-5H,1H2,2-3H3,(H,14,16). The third kappa shape index (κ3) is 3.08. The molecule has 0 aromatic carbocycles. The first-order valence-corrected chi connectivity index (χ1v) is 4.66. The summed E-state index contributed by atoms with van der Waals surface area (Å²) in [7, 11) is 0. The lowest BCUT2D eigenvalue weighted by molar-refractivity contribution is -0.155. The zero-order chi connectivity index (χ0) is 13.3. The molecule has 0 aliphatic rings. The van der Waals surface area contributed by atoms with E-state index in [-0.39, 0.29) is 5.69 Å². The lowest BCUT2D eigenvalue weighted by Gasteiger charge is -2.22. The number of carbonyl (C=O) groups excluding carboxylic acids is 1. The highest BCUT2D eigenvalue weighted by Gasteiger charge is 2.38. The Balaban J connectivity index is 2.96. The predicted molar refractivity (Wildman–Crippen MR) is 52.9 cm³/mol. The fourth-order valence-corrected chi connectivity index (χ4v) is 1.13. The quantitative estimate of drug-likeness (QED) is 0.834. The van der Waals surface area contributed by atoms with Crippen LogP contribution < -0.4 is 5.32 Å². The molecule has 0 aliphatic carbocycles. The van der Waals surface area contributed by atoms with Crippen LogP contribution in [0.25, 0.3) is 0 Å². The molecule has 0 radical (unpaired) electrons. The molecule has 0 fully saturated rings. The van der Waals surface area contributed by atoms with Crippen LogP contribution in [0.2, 0.25) is 0 Å². The molecular weight excluding hydrogens is 237 g/mol. The molecule has 0 aliphatic heterocycles. The summed E-state index contributed by atoms with van der Waals surface area (Å²) >= 11 is 0. The Morgan fingerprint density at radius 2 is 2.12 bits per heavy atom. The van der Waals surface area contributed by atoms with Crippen molar-refractivity contribution in [3.8, 4) is 0 Å². The third-order valence-corrected chi connectivity index (χ3v) is 2.05. The lowest BCUT2D eigenvalue weighted by Crippen LogP contribution is -2.40. The van der Waals surface area contributed by atoms with Crippen molar-refractivity contribution in [2.45, 2.75) is 25.6 Å². The second-order valence-electron chi connectivity index (χ2n) is 3.89. The number of alkyl halides is 3. The Labute approximate surface area is 95.5 Å². The summed E-state index contributed by atoms with van der Waals surface area (Å²) in [6, 6.07) is 0.753. The van der Waals surface area contributed by atoms with Crippen molar-refractivity contribution in [2.24, 2.45) is 0 Å². The van der Waals surface area contributed by atoms with E-state index in [1.165, 1.54) is 13.8 Å². The number of aromatic nitrogens is 1. The summed E-state index contributed by atoms with van der Waals surface area (Å²) < 4.78 is 41.0. The van der Waals surface area contributed by atoms with Crippen LogP contribution in [0.15, 0.2) is 23.2 Å². The number of halogens is 3. The van der Waals surface area contributed by atoms with Gasteiger partial charge in [-0.3, -0.25) is 4.79 Å². The highest BCUT2D eigenvalue weighted by molar-refractivity contribution is 5.87. The van der Waals surface area contributed by atoms with Gasteiger partial charge >= 0.3 is 6.18 Å². The fourth-order valence-electron chi connectivity index (χ4n) is 1.13. The van der Waals surface area contributed by atoms with E-state index in [1.807, 2.05) is 0 Å². The summed E-state index contributed by atoms with van der Waals surface area (Å²) in [5, 5.41) is 5.74. The van der Waals surface area contributed by atoms with Crippen LogP contribution in [0.3, 0.4) is 0 Å². The molecule has 1 rings (SSSR count). The van der Waals surface area contributed by atoms with Gasteiger partial charge in [-0.25, -0.2) is 0 Å². The Hall–Kier alpha value is -1.79. The maximum Gasteiger partial charge on any atom is 0.452 e. The molecule has 0 spiro atoms. The van der Waals surface area contributed by atoms with Crippen LogP contribution in [0.5, 0.6) is 0 Å². The minimum absolute atomic E-state index is 0.0139. The zero-order valence-corrected chi connectivity index (χ0v) is 9.26. The first-order valence-electron chi connectivity index (χ1n) is 4.66. The molecule has 1 heterocycles. The average molecular weight is 248 g/mol. The second-order valence-corrected chi connectivity index (χ2v) is 3.89. The van der Waals surface area contributed by atoms with Gasteiger partial charge in [0, 0.05) is 6.07 Å². The Bertz CT molecular complexity index is 435. The van der Waals surface area contributed by atoms with Crippen LogP contribution >= 0.6 is 0 Å². The van der Waals surface area contributed by atoms with E-state index in [0.717, 1.165) is 12.1 Å². The van der Waals surface area contributed by atoms with Crippen molar-refractivity contribution >= 4 is 5.91 Å². The van der Waals surface area contributed by atoms with Crippen molar-refractivity contribution in [1.82, 2.24) is 10.5 Å². The minimum Gasteiger partial charge on any atom is -0.351 e. The van der Waals surface area contributed by atoms with Crippen molar-refractivity contribution in [2.75, 3.05) is 0 Å². The van der Waals surface area contributed by atoms with Crippen molar-refractivity contribution < 1.29 is 22.5 Å². The van der Waals surface area contributed by atoms with Gasteiger partial charge in [0.2, 0.25) is 11.7 Å². The summed E-state index contributed by atoms with van der Waals surface area (Å²) in [6.07, 6.45) is -3.57. The number of hydrogen-bond donors (Lipinski definition) is 1. The average Bonchev–Trinajstić information content (AvgIpc) is 2.65. The number of nitrogens with zero attached hydrogens (tertiary/aromatic N) is 1. The van der Waals surface area contributed by atoms with E-state index in [9.17, 15) is 18.0 Å². The molecule has 1 aromatic rings. The SMILES string of the molecule is C=CC(=O)NC(C)(C)c1cc(C(F)(F)F)on1. The van der Waals surface area contributed by atoms with E-state index < -0.39 is 23.4 Å². The maximum atomic E-state index is 12.3. The van der Waals surface area contributed by atoms with Gasteiger partial charge in [0.05, 0.1) is 5.54 Å². The van der Waals surface area contributed by atoms with Gasteiger partial charge in [-0.2, -0.15) is 13.2 Å². The van der Waals surface area contributed by atoms with Gasteiger partial charge in [0.25, 0.3) is 0 Å². The summed E-state index contributed by atoms with van der Waals surface area (Å²) in [6.45, 7) is 6.26. The van der Waals surface area contributed by atoms with Crippen molar-refractivity contribution in [3.63, 3.8) is 0 Å². The number of rotatable bonds is 3. The highest BCUT2D eigenvalue weighted by Crippen LogP contribution is 2.31. The fraction of sp³-hybridized carbons (Fsp3) is 0.400. The zero-order valence-electron chi connectivity index (χ0n) is 9.26. The van der Waals surface area contributed by atoms with E-state index in [1.54, 1.807) is 0 Å². The van der Waals surface area contributed by atoms with E-state index in [4.69, 9.17) is 0 Å². The summed E-state index contributed by atoms with van der Waals surface area (Å²) in [4.78, 5) is 11.1. The monoisotopic (exact) mass is 248 g/mol. The van der Waals surface area contributed by atoms with Crippen LogP contribution in [0, 0.1) is 0 Å². The van der Waals surface area contributed by atoms with Gasteiger partial charge in [0.1, 0.15) is 5.69 Å². The van der Waals surface area contributed by atoms with Gasteiger partial charge in [-0.15, -0.1) is 0 Å². The molecule has 0 bridgehead atoms. The molecule has 4 nitrogen and oxygen atoms in total. The van der Waals surface area contributed by atoms with Gasteiger partial charge in [-0.05, 0) is 19.9 Å². The summed E-state index contributed by atoms with van der Waals surface area (Å²) in [5.74, 6) is -1.71. The molecule has 1 amide bonds. The Morgan fingerprint density at radius 3 is 2.53 bits per heavy atom. The molecule has 0 unspecified atom stereocenters. The van der Waals surface area contributed by atoms with E-state index in [0.29, 0.717) is 0 Å². The Kier molecular flexibility index (Phi) is 3.30. The smallest absolute Gasteiger partial charge is 0.351 e. The number of carbonyl (C=O) groups is 1. The second kappa shape index (κ2) is 4.23. The van der Waals surface area contributed by atoms with Gasteiger partial charge in [0.15, 0.2) is 0 Å². The van der Waals surface area contributed by atoms with E-state index in [2.05, 4.69) is 21.6 Å². The summed E-state index contributed by atoms with van der Waals surface area (Å²) in [5.41, 5.74) is -1.09. The highest BCUT2D eigenvalue weighted by atomic mass is 19.4. The van der Waals surface area contributed by atoms with Crippen molar-refractivity contribution in [1.29, 1.82) is 0 Å². The number of amides is 1. The van der Waals surface area contributed by atoms with E-state index >= 15 is 0 Å². The lowest BCUT2D eigenvalue weighted by atomic mass is 10.0. The van der Waals surface area contributed by atoms with Gasteiger partial charge in [-0.1, -0.05) is 11.7 Å². The maximum absolute atomic E-state index is 12.3. The molecule has 0 atom stereocenters. The van der Waals surface area contributed by atoms with Crippen molar-refractivity contribution in [3.05, 3.63) is 30.2 Å². The Morgan fingerprint density at radius 1 is 1.53 bits per heavy atom. The van der Waals surface area contributed by atoms with Crippen LogP contribution in [0.1, 0.15) is 25.3 Å². The molecule has 1 aromatic heterocycles. The molecule has 1 N–H and O–H groups in total. The number of hydrogen-bond acceptors (Lipinski definition) is 3. The largest absolute Gasteiger partial charge is 0.452 e. The van der Waals surface area contributed by atoms with Gasteiger partial charge < -0.3 is 9.84 Å². The first kappa shape index (κ1) is 13.3. The molecule has 94 valence electrons. The molecule has 0 saturated heterocycles. The normalized spacial score (nSPS) is 12.3. The topological polar surface area (TPSA) is 55.1 Å². The molecule has 0 saturated carbocycles. The third-order valence-electron chi connectivity index (χ3n) is 2.05. The predicted octanol–water partition coefficient (Wildman–Crippen LogP) is 2.23.